The molecule has 1 aliphatic heterocycles. The van der Waals surface area contributed by atoms with Gasteiger partial charge in [0.05, 0.1) is 6.17 Å². The van der Waals surface area contributed by atoms with E-state index in [4.69, 9.17) is 4.74 Å². The first-order valence-corrected chi connectivity index (χ1v) is 9.33. The molecular weight excluding hydrogens is 326 g/mol. The number of methoxy groups -OCH3 is 1. The summed E-state index contributed by atoms with van der Waals surface area (Å²) in [6.45, 7) is 1.49. The van der Waals surface area contributed by atoms with Crippen LogP contribution in [0.25, 0.3) is 10.8 Å². The summed E-state index contributed by atoms with van der Waals surface area (Å²) in [7, 11) is 5.65. The van der Waals surface area contributed by atoms with Crippen molar-refractivity contribution < 1.29 is 9.53 Å². The van der Waals surface area contributed by atoms with E-state index in [0.29, 0.717) is 6.54 Å². The van der Waals surface area contributed by atoms with Crippen LogP contribution in [0.5, 0.6) is 0 Å². The Labute approximate surface area is 155 Å². The van der Waals surface area contributed by atoms with Crippen molar-refractivity contribution in [3.63, 3.8) is 0 Å². The fourth-order valence-corrected chi connectivity index (χ4v) is 3.84. The molecule has 0 radical (unpaired) electrons. The summed E-state index contributed by atoms with van der Waals surface area (Å²) >= 11 is 0. The monoisotopic (exact) mass is 355 g/mol. The Hall–Kier alpha value is -2.11. The van der Waals surface area contributed by atoms with Gasteiger partial charge in [0.15, 0.2) is 0 Å². The zero-order valence-corrected chi connectivity index (χ0v) is 15.9. The molecule has 2 aromatic carbocycles. The smallest absolute Gasteiger partial charge is 0.318 e. The molecule has 1 fully saturated rings. The van der Waals surface area contributed by atoms with Crippen LogP contribution in [-0.2, 0) is 4.74 Å². The number of hydrogen-bond acceptors (Lipinski definition) is 3. The van der Waals surface area contributed by atoms with Gasteiger partial charge in [0, 0.05) is 20.7 Å². The maximum Gasteiger partial charge on any atom is 0.318 e. The number of benzene rings is 2. The lowest BCUT2D eigenvalue weighted by Gasteiger charge is -2.38. The summed E-state index contributed by atoms with van der Waals surface area (Å²) < 4.78 is 5.70. The predicted molar refractivity (Wildman–Crippen MR) is 105 cm³/mol. The van der Waals surface area contributed by atoms with Crippen molar-refractivity contribution in [2.24, 2.45) is 0 Å². The minimum absolute atomic E-state index is 0.0500. The van der Waals surface area contributed by atoms with Crippen LogP contribution in [-0.4, -0.2) is 56.3 Å². The van der Waals surface area contributed by atoms with Crippen LogP contribution >= 0.6 is 0 Å². The number of carbonyl (C=O) groups excluding carboxylic acids is 1. The molecular formula is C21H29N3O2. The third-order valence-corrected chi connectivity index (χ3v) is 5.39. The summed E-state index contributed by atoms with van der Waals surface area (Å²) in [5.41, 5.74) is 1.10. The van der Waals surface area contributed by atoms with Gasteiger partial charge in [-0.25, -0.2) is 4.79 Å². The number of fused-ring (bicyclic) bond motifs is 1. The highest BCUT2D eigenvalue weighted by Crippen LogP contribution is 2.26. The van der Waals surface area contributed by atoms with Crippen molar-refractivity contribution in [2.75, 3.05) is 34.3 Å². The number of piperidine rings is 1. The van der Waals surface area contributed by atoms with Gasteiger partial charge in [-0.1, -0.05) is 42.5 Å². The number of rotatable bonds is 5. The fourth-order valence-electron chi connectivity index (χ4n) is 3.84. The molecule has 2 atom stereocenters. The van der Waals surface area contributed by atoms with Gasteiger partial charge in [0.2, 0.25) is 0 Å². The first kappa shape index (κ1) is 18.7. The molecule has 26 heavy (non-hydrogen) atoms. The minimum Gasteiger partial charge on any atom is -0.375 e. The van der Waals surface area contributed by atoms with E-state index in [9.17, 15) is 4.79 Å². The SMILES string of the molecule is COC(CNC(=O)N(C)C1CCCCN1C)c1cccc2ccccc12. The van der Waals surface area contributed by atoms with Gasteiger partial charge in [0.1, 0.15) is 6.10 Å². The van der Waals surface area contributed by atoms with E-state index in [0.717, 1.165) is 23.9 Å². The number of urea groups is 1. The van der Waals surface area contributed by atoms with Gasteiger partial charge in [-0.15, -0.1) is 0 Å². The molecule has 1 heterocycles. The average Bonchev–Trinajstić information content (AvgIpc) is 2.68. The number of amides is 2. The lowest BCUT2D eigenvalue weighted by molar-refractivity contribution is 0.0655. The van der Waals surface area contributed by atoms with E-state index in [1.165, 1.54) is 18.2 Å². The Morgan fingerprint density at radius 1 is 1.27 bits per heavy atom. The van der Waals surface area contributed by atoms with Crippen LogP contribution in [0.1, 0.15) is 30.9 Å². The zero-order valence-electron chi connectivity index (χ0n) is 15.9. The Balaban J connectivity index is 1.67. The Bertz CT molecular complexity index is 744. The number of nitrogens with zero attached hydrogens (tertiary/aromatic N) is 2. The van der Waals surface area contributed by atoms with E-state index in [-0.39, 0.29) is 18.3 Å². The van der Waals surface area contributed by atoms with Gasteiger partial charge >= 0.3 is 6.03 Å². The topological polar surface area (TPSA) is 44.8 Å². The van der Waals surface area contributed by atoms with E-state index < -0.39 is 0 Å². The molecule has 2 unspecified atom stereocenters. The number of carbonyl (C=O) groups is 1. The summed E-state index contributed by atoms with van der Waals surface area (Å²) in [5, 5.41) is 5.39. The van der Waals surface area contributed by atoms with Crippen LogP contribution in [0, 0.1) is 0 Å². The molecule has 0 aliphatic carbocycles. The van der Waals surface area contributed by atoms with Gasteiger partial charge in [0.25, 0.3) is 0 Å². The highest BCUT2D eigenvalue weighted by molar-refractivity contribution is 5.86. The van der Waals surface area contributed by atoms with Crippen LogP contribution in [0.4, 0.5) is 4.79 Å². The van der Waals surface area contributed by atoms with Crippen LogP contribution < -0.4 is 5.32 Å². The molecule has 3 rings (SSSR count). The second kappa shape index (κ2) is 8.52. The number of nitrogens with one attached hydrogen (secondary N) is 1. The van der Waals surface area contributed by atoms with E-state index in [1.807, 2.05) is 30.1 Å². The highest BCUT2D eigenvalue weighted by Gasteiger charge is 2.26. The van der Waals surface area contributed by atoms with E-state index >= 15 is 0 Å². The van der Waals surface area contributed by atoms with Crippen LogP contribution in [0.3, 0.4) is 0 Å². The van der Waals surface area contributed by atoms with Crippen LogP contribution in [0.2, 0.25) is 0 Å². The van der Waals surface area contributed by atoms with Crippen LogP contribution in [0.15, 0.2) is 42.5 Å². The molecule has 0 spiro atoms. The average molecular weight is 355 g/mol. The Morgan fingerprint density at radius 3 is 2.81 bits per heavy atom. The van der Waals surface area contributed by atoms with E-state index in [1.54, 1.807) is 7.11 Å². The number of likely N-dealkylation sites (tertiary alicyclic amines) is 1. The first-order chi connectivity index (χ1) is 12.6. The summed E-state index contributed by atoms with van der Waals surface area (Å²) in [6.07, 6.45) is 3.39. The van der Waals surface area contributed by atoms with Crippen molar-refractivity contribution in [2.45, 2.75) is 31.5 Å². The third-order valence-electron chi connectivity index (χ3n) is 5.39. The second-order valence-electron chi connectivity index (χ2n) is 7.05. The maximum atomic E-state index is 12.6. The fraction of sp³-hybridized carbons (Fsp3) is 0.476. The molecule has 2 amide bonds. The van der Waals surface area contributed by atoms with Crippen molar-refractivity contribution >= 4 is 16.8 Å². The number of hydrogen-bond donors (Lipinski definition) is 1. The van der Waals surface area contributed by atoms with E-state index in [2.05, 4.69) is 41.5 Å². The standard InChI is InChI=1S/C21H29N3O2/c1-23-14-7-6-13-20(23)24(2)21(25)22-15-19(26-3)18-12-8-10-16-9-4-5-11-17(16)18/h4-5,8-12,19-20H,6-7,13-15H2,1-3H3,(H,22,25). The lowest BCUT2D eigenvalue weighted by atomic mass is 10.0. The van der Waals surface area contributed by atoms with Crippen molar-refractivity contribution in [3.05, 3.63) is 48.0 Å². The highest BCUT2D eigenvalue weighted by atomic mass is 16.5. The Kier molecular flexibility index (Phi) is 6.12. The molecule has 140 valence electrons. The molecule has 2 aromatic rings. The molecule has 1 aliphatic rings. The molecule has 1 N–H and O–H groups in total. The quantitative estimate of drug-likeness (QED) is 0.891. The van der Waals surface area contributed by atoms with Crippen molar-refractivity contribution in [1.29, 1.82) is 0 Å². The minimum atomic E-state index is -0.178. The van der Waals surface area contributed by atoms with Gasteiger partial charge in [-0.3, -0.25) is 4.90 Å². The number of ether oxygens (including phenoxy) is 1. The van der Waals surface area contributed by atoms with Gasteiger partial charge in [-0.05, 0) is 49.2 Å². The molecule has 5 nitrogen and oxygen atoms in total. The maximum absolute atomic E-state index is 12.6. The predicted octanol–water partition coefficient (Wildman–Crippen LogP) is 3.61. The molecule has 0 saturated carbocycles. The van der Waals surface area contributed by atoms with Crippen molar-refractivity contribution in [3.8, 4) is 0 Å². The normalized spacial score (nSPS) is 19.3. The summed E-state index contributed by atoms with van der Waals surface area (Å²) in [4.78, 5) is 16.7. The molecule has 1 saturated heterocycles. The Morgan fingerprint density at radius 2 is 2.04 bits per heavy atom. The van der Waals surface area contributed by atoms with Gasteiger partial charge in [-0.2, -0.15) is 0 Å². The molecule has 5 heteroatoms. The largest absolute Gasteiger partial charge is 0.375 e. The summed E-state index contributed by atoms with van der Waals surface area (Å²) in [6, 6.07) is 14.4. The molecule has 0 bridgehead atoms. The van der Waals surface area contributed by atoms with Crippen molar-refractivity contribution in [1.82, 2.24) is 15.1 Å². The summed E-state index contributed by atoms with van der Waals surface area (Å²) in [5.74, 6) is 0. The third kappa shape index (κ3) is 4.00. The second-order valence-corrected chi connectivity index (χ2v) is 7.05. The zero-order chi connectivity index (χ0) is 18.5. The lowest BCUT2D eigenvalue weighted by Crippen LogP contribution is -2.53. The van der Waals surface area contributed by atoms with Gasteiger partial charge < -0.3 is 15.0 Å². The molecule has 0 aromatic heterocycles. The first-order valence-electron chi connectivity index (χ1n) is 9.33.